The summed E-state index contributed by atoms with van der Waals surface area (Å²) in [6.45, 7) is 20.3. The Morgan fingerprint density at radius 1 is 0.625 bits per heavy atom. The second kappa shape index (κ2) is 6.77. The summed E-state index contributed by atoms with van der Waals surface area (Å²) in [6.07, 6.45) is 11.9. The van der Waals surface area contributed by atoms with Gasteiger partial charge in [0.25, 0.3) is 0 Å². The van der Waals surface area contributed by atoms with Gasteiger partial charge in [-0.2, -0.15) is 0 Å². The zero-order valence-corrected chi connectivity index (χ0v) is 22.4. The lowest BCUT2D eigenvalue weighted by Crippen LogP contribution is -2.69. The Bertz CT molecular complexity index is 775. The lowest BCUT2D eigenvalue weighted by Gasteiger charge is -2.75. The summed E-state index contributed by atoms with van der Waals surface area (Å²) in [5.74, 6) is 2.12. The highest BCUT2D eigenvalue weighted by atomic mass is 16.3. The third-order valence-electron chi connectivity index (χ3n) is 13.9. The smallest absolute Gasteiger partial charge is 0.0603 e. The topological polar surface area (TPSA) is 40.5 Å². The molecule has 0 saturated heterocycles. The third-order valence-corrected chi connectivity index (χ3v) is 13.9. The SMILES string of the molecule is CC1C(O)CC(O)C2C1(C)CCC1C2(C)CCC2(C)C3CC(C)(C)CCC3(C)CCC12C. The molecule has 0 aliphatic heterocycles. The molecule has 5 aliphatic rings. The normalized spacial score (nSPS) is 61.7. The summed E-state index contributed by atoms with van der Waals surface area (Å²) >= 11 is 0. The number of hydrogen-bond donors (Lipinski definition) is 2. The van der Waals surface area contributed by atoms with Gasteiger partial charge in [-0.05, 0) is 120 Å². The van der Waals surface area contributed by atoms with Crippen LogP contribution in [-0.2, 0) is 0 Å². The second-order valence-electron chi connectivity index (χ2n) is 15.6. The van der Waals surface area contributed by atoms with Gasteiger partial charge >= 0.3 is 0 Å². The van der Waals surface area contributed by atoms with E-state index < -0.39 is 0 Å². The van der Waals surface area contributed by atoms with Crippen LogP contribution < -0.4 is 0 Å². The molecular formula is C30H52O2. The van der Waals surface area contributed by atoms with E-state index in [1.54, 1.807) is 0 Å². The highest BCUT2D eigenvalue weighted by molar-refractivity contribution is 5.20. The number of fused-ring (bicyclic) bond motifs is 7. The predicted molar refractivity (Wildman–Crippen MR) is 132 cm³/mol. The van der Waals surface area contributed by atoms with Crippen LogP contribution in [0.1, 0.15) is 120 Å². The van der Waals surface area contributed by atoms with Crippen LogP contribution in [0.2, 0.25) is 0 Å². The number of rotatable bonds is 0. The van der Waals surface area contributed by atoms with Crippen molar-refractivity contribution in [2.24, 2.45) is 56.2 Å². The predicted octanol–water partition coefficient (Wildman–Crippen LogP) is 7.22. The number of aliphatic hydroxyl groups excluding tert-OH is 2. The fourth-order valence-corrected chi connectivity index (χ4v) is 11.5. The maximum atomic E-state index is 11.4. The van der Waals surface area contributed by atoms with E-state index in [0.717, 1.165) is 5.92 Å². The van der Waals surface area contributed by atoms with Crippen LogP contribution in [-0.4, -0.2) is 22.4 Å². The minimum Gasteiger partial charge on any atom is -0.393 e. The molecule has 184 valence electrons. The van der Waals surface area contributed by atoms with E-state index in [1.807, 2.05) is 0 Å². The highest BCUT2D eigenvalue weighted by Crippen LogP contribution is 2.78. The molecule has 2 N–H and O–H groups in total. The maximum absolute atomic E-state index is 11.4. The van der Waals surface area contributed by atoms with Crippen molar-refractivity contribution in [1.29, 1.82) is 0 Å². The van der Waals surface area contributed by atoms with Gasteiger partial charge in [0.05, 0.1) is 12.2 Å². The van der Waals surface area contributed by atoms with Crippen LogP contribution in [0.5, 0.6) is 0 Å². The van der Waals surface area contributed by atoms with E-state index in [9.17, 15) is 10.2 Å². The molecule has 0 aromatic heterocycles. The molecule has 5 saturated carbocycles. The van der Waals surface area contributed by atoms with Crippen molar-refractivity contribution in [3.8, 4) is 0 Å². The van der Waals surface area contributed by atoms with Crippen molar-refractivity contribution in [2.45, 2.75) is 132 Å². The number of hydrogen-bond acceptors (Lipinski definition) is 2. The first kappa shape index (κ1) is 23.7. The van der Waals surface area contributed by atoms with Crippen molar-refractivity contribution >= 4 is 0 Å². The van der Waals surface area contributed by atoms with Gasteiger partial charge in [-0.25, -0.2) is 0 Å². The van der Waals surface area contributed by atoms with Gasteiger partial charge in [0.15, 0.2) is 0 Å². The molecule has 11 unspecified atom stereocenters. The van der Waals surface area contributed by atoms with Crippen molar-refractivity contribution in [2.75, 3.05) is 0 Å². The van der Waals surface area contributed by atoms with Gasteiger partial charge in [0.2, 0.25) is 0 Å². The highest BCUT2D eigenvalue weighted by Gasteiger charge is 2.71. The molecule has 0 amide bonds. The molecule has 32 heavy (non-hydrogen) atoms. The third kappa shape index (κ3) is 2.78. The fraction of sp³-hybridized carbons (Fsp3) is 1.00. The molecule has 0 heterocycles. The second-order valence-corrected chi connectivity index (χ2v) is 15.6. The Morgan fingerprint density at radius 3 is 1.91 bits per heavy atom. The van der Waals surface area contributed by atoms with Gasteiger partial charge in [0, 0.05) is 0 Å². The molecule has 0 aromatic carbocycles. The van der Waals surface area contributed by atoms with E-state index in [0.29, 0.717) is 39.9 Å². The van der Waals surface area contributed by atoms with Crippen LogP contribution in [0.25, 0.3) is 0 Å². The molecule has 11 atom stereocenters. The summed E-state index contributed by atoms with van der Waals surface area (Å²) in [4.78, 5) is 0. The molecule has 0 spiro atoms. The van der Waals surface area contributed by atoms with Gasteiger partial charge in [-0.3, -0.25) is 0 Å². The van der Waals surface area contributed by atoms with Crippen LogP contribution in [0, 0.1) is 56.2 Å². The van der Waals surface area contributed by atoms with Gasteiger partial charge in [-0.1, -0.05) is 55.4 Å². The average molecular weight is 445 g/mol. The van der Waals surface area contributed by atoms with Crippen molar-refractivity contribution in [3.05, 3.63) is 0 Å². The van der Waals surface area contributed by atoms with Gasteiger partial charge in [-0.15, -0.1) is 0 Å². The number of aliphatic hydroxyl groups is 2. The summed E-state index contributed by atoms with van der Waals surface area (Å²) in [5.41, 5.74) is 2.00. The maximum Gasteiger partial charge on any atom is 0.0603 e. The Hall–Kier alpha value is -0.0800. The van der Waals surface area contributed by atoms with E-state index in [4.69, 9.17) is 0 Å². The molecule has 2 nitrogen and oxygen atoms in total. The first-order chi connectivity index (χ1) is 14.6. The molecule has 0 bridgehead atoms. The standard InChI is InChI=1S/C30H52O2/c1-19-20(31)17-21(32)24-27(19,5)10-9-22-28(24,6)14-16-30(8)23-18-25(2,3)11-12-26(23,4)13-15-29(22,30)7/h19-24,31-32H,9-18H2,1-8H3. The van der Waals surface area contributed by atoms with Crippen LogP contribution in [0.4, 0.5) is 0 Å². The Labute approximate surface area is 198 Å². The largest absolute Gasteiger partial charge is 0.393 e. The molecule has 5 aliphatic carbocycles. The summed E-state index contributed by atoms with van der Waals surface area (Å²) in [7, 11) is 0. The van der Waals surface area contributed by atoms with E-state index in [-0.39, 0.29) is 29.0 Å². The Balaban J connectivity index is 1.56. The van der Waals surface area contributed by atoms with Crippen LogP contribution in [0.3, 0.4) is 0 Å². The molecular weight excluding hydrogens is 392 g/mol. The zero-order valence-electron chi connectivity index (χ0n) is 22.4. The zero-order chi connectivity index (χ0) is 23.5. The minimum atomic E-state index is -0.352. The summed E-state index contributed by atoms with van der Waals surface area (Å²) < 4.78 is 0. The van der Waals surface area contributed by atoms with Gasteiger partial charge in [0.1, 0.15) is 0 Å². The monoisotopic (exact) mass is 444 g/mol. The van der Waals surface area contributed by atoms with Crippen LogP contribution in [0.15, 0.2) is 0 Å². The van der Waals surface area contributed by atoms with Crippen molar-refractivity contribution in [3.63, 3.8) is 0 Å². The average Bonchev–Trinajstić information content (AvgIpc) is 2.69. The fourth-order valence-electron chi connectivity index (χ4n) is 11.5. The lowest BCUT2D eigenvalue weighted by atomic mass is 9.30. The van der Waals surface area contributed by atoms with E-state index in [1.165, 1.54) is 57.8 Å². The van der Waals surface area contributed by atoms with E-state index in [2.05, 4.69) is 55.4 Å². The van der Waals surface area contributed by atoms with Crippen molar-refractivity contribution < 1.29 is 10.2 Å². The molecule has 0 radical (unpaired) electrons. The lowest BCUT2D eigenvalue weighted by molar-refractivity contribution is -0.278. The first-order valence-corrected chi connectivity index (χ1v) is 14.0. The van der Waals surface area contributed by atoms with E-state index >= 15 is 0 Å². The molecule has 5 rings (SSSR count). The van der Waals surface area contributed by atoms with Crippen LogP contribution >= 0.6 is 0 Å². The molecule has 5 fully saturated rings. The van der Waals surface area contributed by atoms with Crippen molar-refractivity contribution in [1.82, 2.24) is 0 Å². The molecule has 0 aromatic rings. The van der Waals surface area contributed by atoms with Gasteiger partial charge < -0.3 is 10.2 Å². The minimum absolute atomic E-state index is 0.0580. The quantitative estimate of drug-likeness (QED) is 0.414. The molecule has 2 heteroatoms. The Morgan fingerprint density at radius 2 is 1.22 bits per heavy atom. The first-order valence-electron chi connectivity index (χ1n) is 14.0. The summed E-state index contributed by atoms with van der Waals surface area (Å²) in [6, 6.07) is 0. The Kier molecular flexibility index (Phi) is 5.01. The summed E-state index contributed by atoms with van der Waals surface area (Å²) in [5, 5.41) is 22.2.